The highest BCUT2D eigenvalue weighted by Gasteiger charge is 2.25. The summed E-state index contributed by atoms with van der Waals surface area (Å²) in [7, 11) is 2.14. The zero-order valence-electron chi connectivity index (χ0n) is 15.6. The van der Waals surface area contributed by atoms with Crippen molar-refractivity contribution in [2.75, 3.05) is 20.1 Å². The molecule has 3 aromatic rings. The van der Waals surface area contributed by atoms with Crippen molar-refractivity contribution in [2.45, 2.75) is 18.9 Å². The number of nitrogens with one attached hydrogen (secondary N) is 1. The molecule has 1 fully saturated rings. The number of amides is 1. The summed E-state index contributed by atoms with van der Waals surface area (Å²) in [4.78, 5) is 27.3. The number of piperidine rings is 1. The van der Waals surface area contributed by atoms with E-state index in [2.05, 4.69) is 26.5 Å². The first-order valence-corrected chi connectivity index (χ1v) is 9.25. The Bertz CT molecular complexity index is 1030. The monoisotopic (exact) mass is 378 g/mol. The van der Waals surface area contributed by atoms with Crippen LogP contribution in [0.25, 0.3) is 28.6 Å². The van der Waals surface area contributed by atoms with E-state index in [1.165, 1.54) is 6.08 Å². The number of hydrogen-bond donors (Lipinski definition) is 2. The largest absolute Gasteiger partial charge is 0.304 e. The molecule has 2 N–H and O–H groups in total. The van der Waals surface area contributed by atoms with E-state index in [-0.39, 0.29) is 6.04 Å². The molecule has 0 aliphatic carbocycles. The van der Waals surface area contributed by atoms with Crippen LogP contribution in [0.3, 0.4) is 0 Å². The molecule has 8 nitrogen and oxygen atoms in total. The molecule has 1 unspecified atom stereocenters. The third-order valence-corrected chi connectivity index (χ3v) is 4.97. The van der Waals surface area contributed by atoms with Crippen molar-refractivity contribution >= 4 is 23.1 Å². The smallest absolute Gasteiger partial charge is 0.267 e. The number of carbonyl (C=O) groups is 1. The fourth-order valence-electron chi connectivity index (χ4n) is 3.71. The minimum atomic E-state index is -0.591. The van der Waals surface area contributed by atoms with E-state index in [0.29, 0.717) is 0 Å². The topological polar surface area (TPSA) is 96.2 Å². The third-order valence-electron chi connectivity index (χ3n) is 4.97. The molecule has 0 radical (unpaired) electrons. The molecule has 0 spiro atoms. The first-order chi connectivity index (χ1) is 13.7. The third kappa shape index (κ3) is 3.64. The van der Waals surface area contributed by atoms with Crippen molar-refractivity contribution in [3.05, 3.63) is 48.4 Å². The summed E-state index contributed by atoms with van der Waals surface area (Å²) in [6.45, 7) is 2.04. The van der Waals surface area contributed by atoms with Gasteiger partial charge in [-0.25, -0.2) is 15.4 Å². The van der Waals surface area contributed by atoms with Crippen LogP contribution in [0.5, 0.6) is 0 Å². The normalized spacial score (nSPS) is 18.0. The number of pyridine rings is 2. The van der Waals surface area contributed by atoms with Crippen molar-refractivity contribution < 1.29 is 10.0 Å². The van der Waals surface area contributed by atoms with Crippen LogP contribution in [-0.2, 0) is 4.79 Å². The summed E-state index contributed by atoms with van der Waals surface area (Å²) in [5.41, 5.74) is 4.91. The molecule has 1 saturated heterocycles. The van der Waals surface area contributed by atoms with E-state index in [1.54, 1.807) is 30.1 Å². The second-order valence-electron chi connectivity index (χ2n) is 7.03. The lowest BCUT2D eigenvalue weighted by Crippen LogP contribution is -2.33. The number of aromatic nitrogens is 4. The molecule has 1 atom stereocenters. The Balaban J connectivity index is 1.79. The Morgan fingerprint density at radius 3 is 3.11 bits per heavy atom. The molecule has 28 heavy (non-hydrogen) atoms. The van der Waals surface area contributed by atoms with Crippen LogP contribution in [-0.4, -0.2) is 55.7 Å². The number of likely N-dealkylation sites (tertiary alicyclic amines) is 1. The lowest BCUT2D eigenvalue weighted by molar-refractivity contribution is -0.124. The van der Waals surface area contributed by atoms with Gasteiger partial charge >= 0.3 is 0 Å². The average Bonchev–Trinajstić information content (AvgIpc) is 3.12. The van der Waals surface area contributed by atoms with Crippen LogP contribution in [0.2, 0.25) is 0 Å². The number of hydrogen-bond acceptors (Lipinski definition) is 6. The summed E-state index contributed by atoms with van der Waals surface area (Å²) < 4.78 is 2.22. The van der Waals surface area contributed by atoms with Gasteiger partial charge in [-0.1, -0.05) is 0 Å². The lowest BCUT2D eigenvalue weighted by atomic mass is 10.1. The van der Waals surface area contributed by atoms with Crippen LogP contribution < -0.4 is 5.48 Å². The van der Waals surface area contributed by atoms with Crippen LogP contribution >= 0.6 is 0 Å². The summed E-state index contributed by atoms with van der Waals surface area (Å²) in [5, 5.41) is 8.64. The van der Waals surface area contributed by atoms with Crippen LogP contribution in [0.1, 0.15) is 24.4 Å². The van der Waals surface area contributed by atoms with Crippen molar-refractivity contribution in [3.8, 4) is 11.4 Å². The maximum atomic E-state index is 11.3. The van der Waals surface area contributed by atoms with Gasteiger partial charge in [0.2, 0.25) is 0 Å². The van der Waals surface area contributed by atoms with E-state index in [4.69, 9.17) is 10.2 Å². The highest BCUT2D eigenvalue weighted by Crippen LogP contribution is 2.31. The SMILES string of the molecule is CN1CCCC(n2c(-c3cncc(C=CC(=O)NO)c3)nc3cccnc32)C1. The van der Waals surface area contributed by atoms with Gasteiger partial charge in [0.25, 0.3) is 5.91 Å². The van der Waals surface area contributed by atoms with Gasteiger partial charge in [-0.3, -0.25) is 15.0 Å². The molecule has 0 saturated carbocycles. The van der Waals surface area contributed by atoms with E-state index in [9.17, 15) is 4.79 Å². The maximum Gasteiger partial charge on any atom is 0.267 e. The molecule has 144 valence electrons. The molecular weight excluding hydrogens is 356 g/mol. The number of nitrogens with zero attached hydrogens (tertiary/aromatic N) is 5. The minimum Gasteiger partial charge on any atom is -0.304 e. The molecule has 4 heterocycles. The number of rotatable bonds is 4. The maximum absolute atomic E-state index is 11.3. The molecule has 1 aliphatic rings. The van der Waals surface area contributed by atoms with Crippen molar-refractivity contribution in [1.82, 2.24) is 29.9 Å². The number of likely N-dealkylation sites (N-methyl/N-ethyl adjacent to an activating group) is 1. The number of carbonyl (C=O) groups excluding carboxylic acids is 1. The molecule has 8 heteroatoms. The second kappa shape index (κ2) is 7.87. The number of imidazole rings is 1. The van der Waals surface area contributed by atoms with Gasteiger partial charge in [0.15, 0.2) is 5.65 Å². The van der Waals surface area contributed by atoms with Gasteiger partial charge in [0.1, 0.15) is 11.3 Å². The predicted molar refractivity (Wildman–Crippen MR) is 105 cm³/mol. The first kappa shape index (κ1) is 18.3. The van der Waals surface area contributed by atoms with Gasteiger partial charge in [0, 0.05) is 42.8 Å². The quantitative estimate of drug-likeness (QED) is 0.411. The standard InChI is InChI=1S/C20H22N6O2/c1-25-9-3-4-16(13-25)26-19(23-17-5-2-8-22-20(17)26)15-10-14(11-21-12-15)6-7-18(27)24-28/h2,5-8,10-12,16,28H,3-4,9,13H2,1H3,(H,24,27). The fraction of sp³-hybridized carbons (Fsp3) is 0.300. The fourth-order valence-corrected chi connectivity index (χ4v) is 3.71. The van der Waals surface area contributed by atoms with Gasteiger partial charge in [-0.2, -0.15) is 0 Å². The minimum absolute atomic E-state index is 0.285. The molecule has 0 bridgehead atoms. The Morgan fingerprint density at radius 2 is 2.29 bits per heavy atom. The van der Waals surface area contributed by atoms with Gasteiger partial charge < -0.3 is 9.47 Å². The molecule has 1 aliphatic heterocycles. The van der Waals surface area contributed by atoms with E-state index < -0.39 is 5.91 Å². The predicted octanol–water partition coefficient (Wildman–Crippen LogP) is 2.28. The van der Waals surface area contributed by atoms with Gasteiger partial charge in [-0.05, 0) is 56.3 Å². The van der Waals surface area contributed by atoms with Crippen molar-refractivity contribution in [1.29, 1.82) is 0 Å². The zero-order chi connectivity index (χ0) is 19.5. The first-order valence-electron chi connectivity index (χ1n) is 9.25. The molecular formula is C20H22N6O2. The Morgan fingerprint density at radius 1 is 1.39 bits per heavy atom. The van der Waals surface area contributed by atoms with Gasteiger partial charge in [0.05, 0.1) is 0 Å². The van der Waals surface area contributed by atoms with E-state index in [0.717, 1.165) is 54.0 Å². The highest BCUT2D eigenvalue weighted by molar-refractivity contribution is 5.91. The van der Waals surface area contributed by atoms with E-state index in [1.807, 2.05) is 18.2 Å². The van der Waals surface area contributed by atoms with E-state index >= 15 is 0 Å². The van der Waals surface area contributed by atoms with Crippen LogP contribution in [0.15, 0.2) is 42.9 Å². The number of fused-ring (bicyclic) bond motifs is 1. The molecule has 3 aromatic heterocycles. The highest BCUT2D eigenvalue weighted by atomic mass is 16.5. The Hall–Kier alpha value is -3.10. The number of hydroxylamine groups is 1. The summed E-state index contributed by atoms with van der Waals surface area (Å²) in [6, 6.07) is 6.07. The average molecular weight is 378 g/mol. The molecule has 0 aromatic carbocycles. The Kier molecular flexibility index (Phi) is 5.14. The second-order valence-corrected chi connectivity index (χ2v) is 7.03. The molecule has 1 amide bonds. The zero-order valence-corrected chi connectivity index (χ0v) is 15.6. The van der Waals surface area contributed by atoms with Gasteiger partial charge in [-0.15, -0.1) is 0 Å². The summed E-state index contributed by atoms with van der Waals surface area (Å²) in [5.74, 6) is 0.232. The molecule has 4 rings (SSSR count). The Labute approximate surface area is 162 Å². The van der Waals surface area contributed by atoms with Crippen LogP contribution in [0.4, 0.5) is 0 Å². The van der Waals surface area contributed by atoms with Crippen molar-refractivity contribution in [3.63, 3.8) is 0 Å². The summed E-state index contributed by atoms with van der Waals surface area (Å²) >= 11 is 0. The van der Waals surface area contributed by atoms with Crippen LogP contribution in [0, 0.1) is 0 Å². The summed E-state index contributed by atoms with van der Waals surface area (Å²) in [6.07, 6.45) is 10.3. The van der Waals surface area contributed by atoms with Crippen molar-refractivity contribution in [2.24, 2.45) is 0 Å². The lowest BCUT2D eigenvalue weighted by Gasteiger charge is -2.31.